The lowest BCUT2D eigenvalue weighted by Crippen LogP contribution is -2.33. The second-order valence-corrected chi connectivity index (χ2v) is 10.5. The van der Waals surface area contributed by atoms with Gasteiger partial charge >= 0.3 is 0 Å². The maximum absolute atomic E-state index is 3.98. The van der Waals surface area contributed by atoms with E-state index in [1.165, 1.54) is 37.0 Å². The van der Waals surface area contributed by atoms with Crippen LogP contribution in [0.1, 0.15) is 52.0 Å². The standard InChI is InChI=1S/C19H27BrS/c1-19(2,3)15-8-9-17(20)14(10-15)12-16-11-13-6-4-5-7-18(13)21-16/h4-7,14-17H,8-12H2,1-3H3. The Morgan fingerprint density at radius 3 is 2.67 bits per heavy atom. The molecule has 1 saturated carbocycles. The molecule has 1 aromatic carbocycles. The third-order valence-corrected chi connectivity index (χ3v) is 7.94. The van der Waals surface area contributed by atoms with Crippen LogP contribution in [0, 0.1) is 17.3 Å². The quantitative estimate of drug-likeness (QED) is 0.551. The molecule has 2 aliphatic rings. The van der Waals surface area contributed by atoms with Gasteiger partial charge in [-0.05, 0) is 61.0 Å². The molecular formula is C19H27BrS. The van der Waals surface area contributed by atoms with Crippen molar-refractivity contribution in [2.75, 3.05) is 0 Å². The van der Waals surface area contributed by atoms with Gasteiger partial charge in [0, 0.05) is 15.0 Å². The first-order valence-corrected chi connectivity index (χ1v) is 10.1. The Morgan fingerprint density at radius 1 is 1.19 bits per heavy atom. The van der Waals surface area contributed by atoms with E-state index >= 15 is 0 Å². The van der Waals surface area contributed by atoms with E-state index in [1.807, 2.05) is 0 Å². The third kappa shape index (κ3) is 3.69. The molecular weight excluding hydrogens is 340 g/mol. The topological polar surface area (TPSA) is 0 Å². The number of hydrogen-bond donors (Lipinski definition) is 0. The van der Waals surface area contributed by atoms with Crippen molar-refractivity contribution in [1.29, 1.82) is 0 Å². The zero-order valence-electron chi connectivity index (χ0n) is 13.4. The molecule has 4 atom stereocenters. The summed E-state index contributed by atoms with van der Waals surface area (Å²) in [7, 11) is 0. The number of alkyl halides is 1. The van der Waals surface area contributed by atoms with E-state index in [1.54, 1.807) is 5.56 Å². The number of thioether (sulfide) groups is 1. The van der Waals surface area contributed by atoms with E-state index in [2.05, 4.69) is 72.7 Å². The van der Waals surface area contributed by atoms with Crippen molar-refractivity contribution in [3.63, 3.8) is 0 Å². The molecule has 0 radical (unpaired) electrons. The Hall–Kier alpha value is 0.0500. The van der Waals surface area contributed by atoms with E-state index < -0.39 is 0 Å². The zero-order chi connectivity index (χ0) is 15.0. The van der Waals surface area contributed by atoms with Crippen molar-refractivity contribution in [3.8, 4) is 0 Å². The maximum atomic E-state index is 3.98. The van der Waals surface area contributed by atoms with Crippen molar-refractivity contribution >= 4 is 27.7 Å². The molecule has 0 N–H and O–H groups in total. The Bertz CT molecular complexity index is 466. The Balaban J connectivity index is 1.62. The summed E-state index contributed by atoms with van der Waals surface area (Å²) in [5, 5.41) is 0.797. The molecule has 1 aliphatic heterocycles. The molecule has 116 valence electrons. The van der Waals surface area contributed by atoms with Gasteiger partial charge in [-0.15, -0.1) is 11.8 Å². The van der Waals surface area contributed by atoms with Crippen LogP contribution in [0.5, 0.6) is 0 Å². The van der Waals surface area contributed by atoms with Gasteiger partial charge in [-0.2, -0.15) is 0 Å². The molecule has 1 aromatic rings. The van der Waals surface area contributed by atoms with E-state index in [4.69, 9.17) is 0 Å². The van der Waals surface area contributed by atoms with Gasteiger partial charge in [0.2, 0.25) is 0 Å². The molecule has 1 heterocycles. The van der Waals surface area contributed by atoms with Crippen molar-refractivity contribution in [1.82, 2.24) is 0 Å². The minimum absolute atomic E-state index is 0.469. The number of benzene rings is 1. The smallest absolute Gasteiger partial charge is 0.0174 e. The van der Waals surface area contributed by atoms with Crippen LogP contribution in [0.4, 0.5) is 0 Å². The maximum Gasteiger partial charge on any atom is 0.0174 e. The predicted octanol–water partition coefficient (Wildman–Crippen LogP) is 6.32. The molecule has 0 nitrogen and oxygen atoms in total. The second-order valence-electron chi connectivity index (χ2n) is 7.94. The average molecular weight is 367 g/mol. The zero-order valence-corrected chi connectivity index (χ0v) is 15.8. The lowest BCUT2D eigenvalue weighted by atomic mass is 9.68. The summed E-state index contributed by atoms with van der Waals surface area (Å²) in [4.78, 5) is 2.26. The van der Waals surface area contributed by atoms with Gasteiger partial charge in [0.1, 0.15) is 0 Å². The highest BCUT2D eigenvalue weighted by atomic mass is 79.9. The second kappa shape index (κ2) is 6.28. The molecule has 4 unspecified atom stereocenters. The normalized spacial score (nSPS) is 33.0. The predicted molar refractivity (Wildman–Crippen MR) is 97.4 cm³/mol. The van der Waals surface area contributed by atoms with Crippen molar-refractivity contribution in [2.45, 2.75) is 67.8 Å². The van der Waals surface area contributed by atoms with E-state index in [9.17, 15) is 0 Å². The highest BCUT2D eigenvalue weighted by Crippen LogP contribution is 2.47. The molecule has 2 heteroatoms. The molecule has 21 heavy (non-hydrogen) atoms. The third-order valence-electron chi connectivity index (χ3n) is 5.39. The summed E-state index contributed by atoms with van der Waals surface area (Å²) in [6.07, 6.45) is 6.82. The monoisotopic (exact) mass is 366 g/mol. The summed E-state index contributed by atoms with van der Waals surface area (Å²) in [5.41, 5.74) is 2.04. The first-order valence-electron chi connectivity index (χ1n) is 8.32. The molecule has 0 aromatic heterocycles. The number of fused-ring (bicyclic) bond motifs is 1. The fraction of sp³-hybridized carbons (Fsp3) is 0.684. The van der Waals surface area contributed by atoms with E-state index in [0.29, 0.717) is 5.41 Å². The summed E-state index contributed by atoms with van der Waals surface area (Å²) in [5.74, 6) is 1.75. The Morgan fingerprint density at radius 2 is 1.95 bits per heavy atom. The average Bonchev–Trinajstić information content (AvgIpc) is 2.82. The summed E-state index contributed by atoms with van der Waals surface area (Å²) < 4.78 is 0. The number of rotatable bonds is 2. The van der Waals surface area contributed by atoms with Gasteiger partial charge < -0.3 is 0 Å². The molecule has 1 fully saturated rings. The Kier molecular flexibility index (Phi) is 4.76. The molecule has 3 rings (SSSR count). The van der Waals surface area contributed by atoms with Gasteiger partial charge in [-0.3, -0.25) is 0 Å². The minimum Gasteiger partial charge on any atom is -0.122 e. The van der Waals surface area contributed by atoms with E-state index in [-0.39, 0.29) is 0 Å². The van der Waals surface area contributed by atoms with Crippen LogP contribution in [0.3, 0.4) is 0 Å². The van der Waals surface area contributed by atoms with Crippen LogP contribution < -0.4 is 0 Å². The van der Waals surface area contributed by atoms with Crippen molar-refractivity contribution in [2.24, 2.45) is 17.3 Å². The molecule has 0 saturated heterocycles. The van der Waals surface area contributed by atoms with Gasteiger partial charge in [0.25, 0.3) is 0 Å². The van der Waals surface area contributed by atoms with Crippen LogP contribution in [-0.2, 0) is 6.42 Å². The van der Waals surface area contributed by atoms with Crippen LogP contribution in [0.2, 0.25) is 0 Å². The fourth-order valence-corrected chi connectivity index (χ4v) is 6.10. The van der Waals surface area contributed by atoms with Crippen LogP contribution >= 0.6 is 27.7 Å². The SMILES string of the molecule is CC(C)(C)C1CCC(Br)C(CC2Cc3ccccc3S2)C1. The minimum atomic E-state index is 0.469. The van der Waals surface area contributed by atoms with E-state index in [0.717, 1.165) is 21.9 Å². The lowest BCUT2D eigenvalue weighted by Gasteiger charge is -2.41. The summed E-state index contributed by atoms with van der Waals surface area (Å²) in [6.45, 7) is 7.26. The highest BCUT2D eigenvalue weighted by Gasteiger charge is 2.36. The van der Waals surface area contributed by atoms with Crippen LogP contribution in [0.25, 0.3) is 0 Å². The first-order chi connectivity index (χ1) is 9.93. The number of halogens is 1. The first kappa shape index (κ1) is 15.9. The van der Waals surface area contributed by atoms with Crippen molar-refractivity contribution in [3.05, 3.63) is 29.8 Å². The fourth-order valence-electron chi connectivity index (χ4n) is 3.98. The number of hydrogen-bond acceptors (Lipinski definition) is 1. The highest BCUT2D eigenvalue weighted by molar-refractivity contribution is 9.09. The molecule has 0 amide bonds. The van der Waals surface area contributed by atoms with Crippen LogP contribution in [0.15, 0.2) is 29.2 Å². The molecule has 0 bridgehead atoms. The lowest BCUT2D eigenvalue weighted by molar-refractivity contribution is 0.143. The van der Waals surface area contributed by atoms with Gasteiger partial charge in [0.15, 0.2) is 0 Å². The Labute approximate surface area is 142 Å². The molecule has 0 spiro atoms. The van der Waals surface area contributed by atoms with Crippen LogP contribution in [-0.4, -0.2) is 10.1 Å². The molecule has 1 aliphatic carbocycles. The van der Waals surface area contributed by atoms with Gasteiger partial charge in [0.05, 0.1) is 0 Å². The van der Waals surface area contributed by atoms with Gasteiger partial charge in [-0.25, -0.2) is 0 Å². The summed E-state index contributed by atoms with van der Waals surface area (Å²) >= 11 is 6.10. The van der Waals surface area contributed by atoms with Crippen molar-refractivity contribution < 1.29 is 0 Å². The van der Waals surface area contributed by atoms with Gasteiger partial charge in [-0.1, -0.05) is 54.9 Å². The largest absolute Gasteiger partial charge is 0.122 e. The summed E-state index contributed by atoms with van der Waals surface area (Å²) in [6, 6.07) is 8.97.